The number of hydrogen-bond acceptors (Lipinski definition) is 6. The van der Waals surface area contributed by atoms with Crippen LogP contribution in [-0.2, 0) is 16.6 Å². The van der Waals surface area contributed by atoms with Gasteiger partial charge in [-0.15, -0.1) is 4.40 Å². The first-order valence-electron chi connectivity index (χ1n) is 10.3. The highest BCUT2D eigenvalue weighted by molar-refractivity contribution is 7.90. The molecule has 0 spiro atoms. The molecule has 0 bridgehead atoms. The number of aromatic hydroxyl groups is 1. The van der Waals surface area contributed by atoms with Gasteiger partial charge in [0.2, 0.25) is 0 Å². The van der Waals surface area contributed by atoms with E-state index in [9.17, 15) is 22.7 Å². The van der Waals surface area contributed by atoms with Crippen molar-refractivity contribution in [3.05, 3.63) is 58.1 Å². The van der Waals surface area contributed by atoms with Crippen LogP contribution in [0.25, 0.3) is 10.9 Å². The van der Waals surface area contributed by atoms with Crippen LogP contribution in [0.15, 0.2) is 50.5 Å². The van der Waals surface area contributed by atoms with Crippen LogP contribution in [0.2, 0.25) is 0 Å². The van der Waals surface area contributed by atoms with E-state index in [0.29, 0.717) is 17.7 Å². The van der Waals surface area contributed by atoms with Crippen molar-refractivity contribution in [2.45, 2.75) is 38.6 Å². The highest BCUT2D eigenvalue weighted by atomic mass is 32.2. The molecule has 0 aliphatic carbocycles. The Hall–Kier alpha value is -3.40. The average Bonchev–Trinajstić information content (AvgIpc) is 2.72. The van der Waals surface area contributed by atoms with Crippen LogP contribution in [0, 0.1) is 11.2 Å². The minimum atomic E-state index is -4.20. The molecule has 2 aromatic carbocycles. The highest BCUT2D eigenvalue weighted by Crippen LogP contribution is 2.34. The number of fused-ring (bicyclic) bond motifs is 2. The zero-order chi connectivity index (χ0) is 24.1. The third-order valence-corrected chi connectivity index (χ3v) is 6.77. The number of aryl methyl sites for hydroxylation is 1. The molecule has 8 nitrogen and oxygen atoms in total. The number of methoxy groups -OCH3 is 1. The predicted molar refractivity (Wildman–Crippen MR) is 124 cm³/mol. The van der Waals surface area contributed by atoms with Crippen molar-refractivity contribution in [2.24, 2.45) is 9.81 Å². The summed E-state index contributed by atoms with van der Waals surface area (Å²) in [5, 5.41) is 13.9. The van der Waals surface area contributed by atoms with Crippen molar-refractivity contribution in [1.82, 2.24) is 4.57 Å². The average molecular weight is 474 g/mol. The van der Waals surface area contributed by atoms with Crippen LogP contribution in [0.5, 0.6) is 11.5 Å². The molecule has 1 aromatic heterocycles. The van der Waals surface area contributed by atoms with E-state index < -0.39 is 27.1 Å². The highest BCUT2D eigenvalue weighted by Gasteiger charge is 2.30. The fourth-order valence-electron chi connectivity index (χ4n) is 3.67. The van der Waals surface area contributed by atoms with Gasteiger partial charge in [-0.05, 0) is 42.2 Å². The number of aromatic nitrogens is 1. The number of pyridine rings is 1. The lowest BCUT2D eigenvalue weighted by Gasteiger charge is -2.23. The summed E-state index contributed by atoms with van der Waals surface area (Å²) < 4.78 is 50.0. The lowest BCUT2D eigenvalue weighted by molar-refractivity contribution is 0.350. The summed E-state index contributed by atoms with van der Waals surface area (Å²) in [5.41, 5.74) is -0.552. The summed E-state index contributed by atoms with van der Waals surface area (Å²) in [7, 11) is -2.79. The summed E-state index contributed by atoms with van der Waals surface area (Å²) in [6.45, 7) is 6.34. The van der Waals surface area contributed by atoms with Crippen molar-refractivity contribution >= 4 is 32.4 Å². The van der Waals surface area contributed by atoms with E-state index in [1.54, 1.807) is 6.07 Å². The summed E-state index contributed by atoms with van der Waals surface area (Å²) in [6.07, 6.45) is 0.616. The smallest absolute Gasteiger partial charge is 0.286 e. The Morgan fingerprint density at radius 3 is 2.58 bits per heavy atom. The molecule has 0 atom stereocenters. The number of amidine groups is 1. The maximum atomic E-state index is 14.0. The Kier molecular flexibility index (Phi) is 5.44. The fourth-order valence-corrected chi connectivity index (χ4v) is 4.81. The number of sulfonamides is 1. The molecule has 33 heavy (non-hydrogen) atoms. The molecule has 1 aliphatic rings. The van der Waals surface area contributed by atoms with Crippen molar-refractivity contribution in [1.29, 1.82) is 0 Å². The van der Waals surface area contributed by atoms with Gasteiger partial charge in [0.1, 0.15) is 27.8 Å². The number of nitrogens with zero attached hydrogens (tertiary/aromatic N) is 2. The van der Waals surface area contributed by atoms with Gasteiger partial charge in [-0.2, -0.15) is 8.42 Å². The first-order chi connectivity index (χ1) is 15.4. The van der Waals surface area contributed by atoms with Gasteiger partial charge in [-0.1, -0.05) is 20.8 Å². The maximum Gasteiger partial charge on any atom is 0.286 e. The van der Waals surface area contributed by atoms with Crippen LogP contribution < -0.4 is 15.6 Å². The molecule has 2 heterocycles. The monoisotopic (exact) mass is 473 g/mol. The molecule has 1 aliphatic heterocycles. The Bertz CT molecular complexity index is 1470. The van der Waals surface area contributed by atoms with E-state index in [4.69, 9.17) is 4.74 Å². The van der Waals surface area contributed by atoms with Gasteiger partial charge >= 0.3 is 0 Å². The Morgan fingerprint density at radius 2 is 1.91 bits per heavy atom. The number of nitrogens with one attached hydrogen (secondary N) is 1. The van der Waals surface area contributed by atoms with Gasteiger partial charge < -0.3 is 19.7 Å². The summed E-state index contributed by atoms with van der Waals surface area (Å²) in [5.74, 6) is -1.15. The van der Waals surface area contributed by atoms with E-state index in [2.05, 4.69) is 9.71 Å². The van der Waals surface area contributed by atoms with Gasteiger partial charge in [-0.3, -0.25) is 4.79 Å². The Labute approximate surface area is 190 Å². The molecule has 0 saturated carbocycles. The van der Waals surface area contributed by atoms with Crippen molar-refractivity contribution in [3.63, 3.8) is 0 Å². The number of rotatable bonds is 4. The minimum Gasteiger partial charge on any atom is -0.506 e. The normalized spacial score (nSPS) is 15.0. The molecule has 4 rings (SSSR count). The second-order valence-electron chi connectivity index (χ2n) is 9.05. The van der Waals surface area contributed by atoms with E-state index in [1.165, 1.54) is 35.9 Å². The first-order valence-corrected chi connectivity index (χ1v) is 11.7. The van der Waals surface area contributed by atoms with Crippen molar-refractivity contribution in [2.75, 3.05) is 12.4 Å². The van der Waals surface area contributed by atoms with Crippen LogP contribution in [0.3, 0.4) is 0 Å². The van der Waals surface area contributed by atoms with Crippen molar-refractivity contribution in [3.8, 4) is 11.5 Å². The number of ether oxygens (including phenoxy) is 1. The largest absolute Gasteiger partial charge is 0.506 e. The van der Waals surface area contributed by atoms with Gasteiger partial charge in [0, 0.05) is 18.0 Å². The molecular formula is C23H24FN3O5S. The second kappa shape index (κ2) is 7.87. The lowest BCUT2D eigenvalue weighted by Crippen LogP contribution is -2.33. The third kappa shape index (κ3) is 4.18. The predicted octanol–water partition coefficient (Wildman–Crippen LogP) is 3.85. The van der Waals surface area contributed by atoms with Gasteiger partial charge in [0.25, 0.3) is 15.6 Å². The first kappa shape index (κ1) is 22.8. The zero-order valence-corrected chi connectivity index (χ0v) is 19.5. The van der Waals surface area contributed by atoms with Gasteiger partial charge in [0.05, 0.1) is 18.3 Å². The van der Waals surface area contributed by atoms with Gasteiger partial charge in [-0.25, -0.2) is 4.39 Å². The number of benzene rings is 2. The molecule has 0 unspecified atom stereocenters. The molecule has 0 saturated heterocycles. The maximum absolute atomic E-state index is 14.0. The lowest BCUT2D eigenvalue weighted by atomic mass is 9.92. The molecule has 2 N–H and O–H groups in total. The van der Waals surface area contributed by atoms with Crippen LogP contribution in [0.4, 0.5) is 10.1 Å². The molecule has 174 valence electrons. The molecule has 0 radical (unpaired) electrons. The number of anilines is 1. The Morgan fingerprint density at radius 1 is 1.18 bits per heavy atom. The summed E-state index contributed by atoms with van der Waals surface area (Å²) in [6, 6.07) is 8.09. The van der Waals surface area contributed by atoms with Crippen LogP contribution in [0.1, 0.15) is 32.8 Å². The van der Waals surface area contributed by atoms with E-state index in [0.717, 1.165) is 6.07 Å². The molecule has 0 amide bonds. The topological polar surface area (TPSA) is 110 Å². The molecule has 10 heteroatoms. The quantitative estimate of drug-likeness (QED) is 0.596. The SMILES string of the molecule is COc1ccc2c(c1)S(=O)(=O)N=C(c1c(O)c3cc(F)ccc3n(CCC(C)(C)C)c1=O)N2. The second-order valence-corrected chi connectivity index (χ2v) is 10.6. The number of hydrogen-bond donors (Lipinski definition) is 2. The van der Waals surface area contributed by atoms with E-state index >= 15 is 0 Å². The van der Waals surface area contributed by atoms with E-state index in [-0.39, 0.29) is 39.3 Å². The standard InChI is InChI=1S/C23H24FN3O5S/c1-23(2,3)9-10-27-17-8-5-13(24)11-15(17)20(28)19(22(27)29)21-25-16-7-6-14(32-4)12-18(16)33(30,31)26-21/h5-8,11-12,28H,9-10H2,1-4H3,(H,25,26). The van der Waals surface area contributed by atoms with Gasteiger partial charge in [0.15, 0.2) is 5.84 Å². The molecular weight excluding hydrogens is 449 g/mol. The zero-order valence-electron chi connectivity index (χ0n) is 18.6. The summed E-state index contributed by atoms with van der Waals surface area (Å²) >= 11 is 0. The third-order valence-electron chi connectivity index (χ3n) is 5.45. The van der Waals surface area contributed by atoms with Crippen LogP contribution in [-0.4, -0.2) is 31.0 Å². The van der Waals surface area contributed by atoms with Crippen molar-refractivity contribution < 1.29 is 22.7 Å². The van der Waals surface area contributed by atoms with Crippen LogP contribution >= 0.6 is 0 Å². The molecule has 3 aromatic rings. The Balaban J connectivity index is 1.96. The summed E-state index contributed by atoms with van der Waals surface area (Å²) in [4.78, 5) is 13.4. The van der Waals surface area contributed by atoms with E-state index in [1.807, 2.05) is 20.8 Å². The fraction of sp³-hybridized carbons (Fsp3) is 0.304. The number of halogens is 1. The minimum absolute atomic E-state index is 0.0842. The molecule has 0 fully saturated rings.